The van der Waals surface area contributed by atoms with E-state index in [4.69, 9.17) is 4.74 Å². The highest BCUT2D eigenvalue weighted by molar-refractivity contribution is 7.88. The number of fused-ring (bicyclic) bond motifs is 5. The molecule has 8 atom stereocenters. The first-order chi connectivity index (χ1) is 16.2. The third-order valence-corrected chi connectivity index (χ3v) is 10.1. The predicted octanol–water partition coefficient (Wildman–Crippen LogP) is 1.89. The molecule has 0 amide bonds. The maximum absolute atomic E-state index is 13.4. The molecular formula is C25H35NO8S. The Labute approximate surface area is 206 Å². The smallest absolute Gasteiger partial charge is 0.303 e. The van der Waals surface area contributed by atoms with Gasteiger partial charge in [-0.3, -0.25) is 19.6 Å². The van der Waals surface area contributed by atoms with Crippen LogP contribution in [0.3, 0.4) is 0 Å². The minimum atomic E-state index is -3.89. The molecule has 0 heterocycles. The zero-order valence-electron chi connectivity index (χ0n) is 20.6. The van der Waals surface area contributed by atoms with Gasteiger partial charge in [0.2, 0.25) is 10.0 Å². The molecule has 10 heteroatoms. The number of rotatable bonds is 6. The van der Waals surface area contributed by atoms with Gasteiger partial charge in [-0.15, -0.1) is 0 Å². The van der Waals surface area contributed by atoms with Crippen LogP contribution in [0.5, 0.6) is 0 Å². The van der Waals surface area contributed by atoms with Crippen molar-refractivity contribution in [2.75, 3.05) is 19.4 Å². The molecule has 0 spiro atoms. The van der Waals surface area contributed by atoms with Crippen molar-refractivity contribution in [3.63, 3.8) is 0 Å². The van der Waals surface area contributed by atoms with Crippen LogP contribution in [-0.4, -0.2) is 66.2 Å². The fraction of sp³-hybridized carbons (Fsp3) is 0.720. The average molecular weight is 510 g/mol. The molecule has 3 fully saturated rings. The maximum atomic E-state index is 13.4. The summed E-state index contributed by atoms with van der Waals surface area (Å²) < 4.78 is 29.2. The van der Waals surface area contributed by atoms with Crippen LogP contribution in [0.25, 0.3) is 0 Å². The van der Waals surface area contributed by atoms with Crippen molar-refractivity contribution in [1.82, 2.24) is 4.47 Å². The number of allylic oxidation sites excluding steroid dienone is 4. The van der Waals surface area contributed by atoms with E-state index in [1.54, 1.807) is 12.2 Å². The summed E-state index contributed by atoms with van der Waals surface area (Å²) in [5, 5.41) is 21.7. The first-order valence-electron chi connectivity index (χ1n) is 12.1. The van der Waals surface area contributed by atoms with Gasteiger partial charge < -0.3 is 9.84 Å². The number of hydrogen-bond acceptors (Lipinski definition) is 8. The van der Waals surface area contributed by atoms with Crippen LogP contribution in [0.15, 0.2) is 23.8 Å². The maximum Gasteiger partial charge on any atom is 0.303 e. The Morgan fingerprint density at radius 1 is 1.29 bits per heavy atom. The number of hydroxylamine groups is 1. The van der Waals surface area contributed by atoms with E-state index in [1.807, 2.05) is 13.0 Å². The molecule has 2 N–H and O–H groups in total. The number of sulfonamides is 1. The van der Waals surface area contributed by atoms with E-state index >= 15 is 0 Å². The van der Waals surface area contributed by atoms with Crippen molar-refractivity contribution in [3.05, 3.63) is 23.8 Å². The van der Waals surface area contributed by atoms with Crippen LogP contribution < -0.4 is 0 Å². The molecule has 0 aromatic carbocycles. The lowest BCUT2D eigenvalue weighted by Gasteiger charge is -2.58. The Kier molecular flexibility index (Phi) is 6.66. The molecule has 3 saturated carbocycles. The minimum absolute atomic E-state index is 0.00968. The Morgan fingerprint density at radius 2 is 1.97 bits per heavy atom. The number of aliphatic hydroxyl groups excluding tert-OH is 1. The van der Waals surface area contributed by atoms with Crippen LogP contribution in [0.1, 0.15) is 46.5 Å². The Hall–Kier alpha value is -1.88. The number of carbonyl (C=O) groups excluding carboxylic acids is 3. The van der Waals surface area contributed by atoms with Gasteiger partial charge in [0.1, 0.15) is 6.61 Å². The predicted molar refractivity (Wildman–Crippen MR) is 125 cm³/mol. The Morgan fingerprint density at radius 3 is 2.60 bits per heavy atom. The second kappa shape index (κ2) is 8.90. The quantitative estimate of drug-likeness (QED) is 0.409. The molecule has 9 nitrogen and oxygen atoms in total. The summed E-state index contributed by atoms with van der Waals surface area (Å²) in [7, 11) is -3.89. The number of nitrogens with zero attached hydrogens (tertiary/aromatic N) is 1. The molecule has 0 unspecified atom stereocenters. The van der Waals surface area contributed by atoms with E-state index in [0.29, 0.717) is 19.3 Å². The van der Waals surface area contributed by atoms with E-state index in [-0.39, 0.29) is 40.3 Å². The Bertz CT molecular complexity index is 1100. The van der Waals surface area contributed by atoms with Crippen molar-refractivity contribution in [1.29, 1.82) is 0 Å². The van der Waals surface area contributed by atoms with Gasteiger partial charge in [0.05, 0.1) is 12.4 Å². The number of ketones is 2. The topological polar surface area (TPSA) is 138 Å². The standard InChI is InChI=1S/C25H35NO8S/c1-14(27)34-13-21(30)22-15(12-26(31)35(4,32)33)9-19-18-6-5-16-10-17(28)7-8-24(16,2)23(18)20(29)11-25(19,22)3/h7-8,10,15,18-20,22-23,29,31H,5-6,9,11-13H2,1-4H3/t15-,18-,19-,20-,22+,23+,24-,25-/m0/s1. The van der Waals surface area contributed by atoms with Crippen LogP contribution in [0.4, 0.5) is 0 Å². The van der Waals surface area contributed by atoms with Crippen molar-refractivity contribution >= 4 is 27.6 Å². The molecule has 4 rings (SSSR count). The lowest BCUT2D eigenvalue weighted by molar-refractivity contribution is -0.153. The highest BCUT2D eigenvalue weighted by atomic mass is 32.2. The molecule has 4 aliphatic rings. The molecule has 4 aliphatic carbocycles. The second-order valence-corrected chi connectivity index (χ2v) is 13.2. The lowest BCUT2D eigenvalue weighted by Crippen LogP contribution is -2.56. The number of ether oxygens (including phenoxy) is 1. The van der Waals surface area contributed by atoms with E-state index in [1.165, 1.54) is 6.92 Å². The number of Topliss-reactive ketones (excluding diaryl/α,β-unsaturated/α-hetero) is 1. The zero-order valence-corrected chi connectivity index (χ0v) is 21.5. The average Bonchev–Trinajstić information content (AvgIpc) is 3.02. The normalized spacial score (nSPS) is 40.5. The van der Waals surface area contributed by atoms with Gasteiger partial charge >= 0.3 is 5.97 Å². The first kappa shape index (κ1) is 26.2. The highest BCUT2D eigenvalue weighted by Crippen LogP contribution is 2.67. The minimum Gasteiger partial charge on any atom is -0.458 e. The summed E-state index contributed by atoms with van der Waals surface area (Å²) in [6.07, 6.45) is 7.58. The van der Waals surface area contributed by atoms with Gasteiger partial charge in [0.25, 0.3) is 0 Å². The number of esters is 1. The number of carbonyl (C=O) groups is 3. The van der Waals surface area contributed by atoms with Crippen LogP contribution in [0.2, 0.25) is 0 Å². The third-order valence-electron chi connectivity index (χ3n) is 9.21. The summed E-state index contributed by atoms with van der Waals surface area (Å²) in [4.78, 5) is 36.8. The monoisotopic (exact) mass is 509 g/mol. The summed E-state index contributed by atoms with van der Waals surface area (Å²) >= 11 is 0. The number of hydrogen-bond donors (Lipinski definition) is 2. The number of aliphatic hydroxyl groups is 1. The zero-order chi connectivity index (χ0) is 25.9. The molecule has 0 aromatic rings. The van der Waals surface area contributed by atoms with Gasteiger partial charge in [0, 0.05) is 30.7 Å². The Balaban J connectivity index is 1.71. The fourth-order valence-corrected chi connectivity index (χ4v) is 8.38. The van der Waals surface area contributed by atoms with Gasteiger partial charge in [0.15, 0.2) is 11.6 Å². The second-order valence-electron chi connectivity index (χ2n) is 11.3. The largest absolute Gasteiger partial charge is 0.458 e. The molecule has 0 aliphatic heterocycles. The molecule has 0 radical (unpaired) electrons. The summed E-state index contributed by atoms with van der Waals surface area (Å²) in [5.41, 5.74) is -0.112. The molecular weight excluding hydrogens is 474 g/mol. The van der Waals surface area contributed by atoms with Crippen LogP contribution in [0, 0.1) is 40.4 Å². The van der Waals surface area contributed by atoms with Crippen molar-refractivity contribution in [2.24, 2.45) is 40.4 Å². The molecule has 0 aromatic heterocycles. The van der Waals surface area contributed by atoms with Gasteiger partial charge in [-0.1, -0.05) is 30.0 Å². The fourth-order valence-electron chi connectivity index (χ4n) is 7.92. The molecule has 0 bridgehead atoms. The van der Waals surface area contributed by atoms with Crippen LogP contribution >= 0.6 is 0 Å². The molecule has 0 saturated heterocycles. The van der Waals surface area contributed by atoms with Gasteiger partial charge in [-0.05, 0) is 61.0 Å². The SMILES string of the molecule is CC(=O)OCC(=O)[C@H]1[C@H](CN(O)S(C)(=O)=O)C[C@H]2[C@@H]3CCC4=CC(=O)C=C[C@]4(C)[C@H]3[C@@H](O)C[C@@]21C. The van der Waals surface area contributed by atoms with Crippen molar-refractivity contribution < 1.29 is 37.9 Å². The van der Waals surface area contributed by atoms with E-state index in [2.05, 4.69) is 6.92 Å². The molecule has 35 heavy (non-hydrogen) atoms. The first-order valence-corrected chi connectivity index (χ1v) is 14.0. The van der Waals surface area contributed by atoms with Crippen LogP contribution in [-0.2, 0) is 29.1 Å². The third kappa shape index (κ3) is 4.43. The van der Waals surface area contributed by atoms with E-state index in [0.717, 1.165) is 18.2 Å². The lowest BCUT2D eigenvalue weighted by atomic mass is 9.46. The molecule has 194 valence electrons. The van der Waals surface area contributed by atoms with E-state index in [9.17, 15) is 33.1 Å². The summed E-state index contributed by atoms with van der Waals surface area (Å²) in [6, 6.07) is 0. The van der Waals surface area contributed by atoms with Crippen molar-refractivity contribution in [3.8, 4) is 0 Å². The summed E-state index contributed by atoms with van der Waals surface area (Å²) in [5.74, 6) is -2.25. The van der Waals surface area contributed by atoms with E-state index < -0.39 is 51.4 Å². The highest BCUT2D eigenvalue weighted by Gasteiger charge is 2.65. The van der Waals surface area contributed by atoms with Crippen molar-refractivity contribution in [2.45, 2.75) is 52.6 Å². The van der Waals surface area contributed by atoms with Gasteiger partial charge in [-0.2, -0.15) is 0 Å². The summed E-state index contributed by atoms with van der Waals surface area (Å²) in [6.45, 7) is 4.56. The van der Waals surface area contributed by atoms with Gasteiger partial charge in [-0.25, -0.2) is 8.42 Å².